The first-order valence-electron chi connectivity index (χ1n) is 5.29. The van der Waals surface area contributed by atoms with Gasteiger partial charge in [-0.25, -0.2) is 0 Å². The van der Waals surface area contributed by atoms with Crippen LogP contribution in [0.1, 0.15) is 19.4 Å². The van der Waals surface area contributed by atoms with Gasteiger partial charge in [-0.05, 0) is 18.5 Å². The molecule has 0 N–H and O–H groups in total. The van der Waals surface area contributed by atoms with E-state index in [1.54, 1.807) is 0 Å². The molecular weight excluding hydrogens is 184 g/mol. The third-order valence-corrected chi connectivity index (χ3v) is 2.51. The van der Waals surface area contributed by atoms with Crippen molar-refractivity contribution in [3.8, 4) is 6.07 Å². The molecule has 0 spiro atoms. The van der Waals surface area contributed by atoms with Crippen molar-refractivity contribution in [2.75, 3.05) is 7.05 Å². The molecule has 0 aliphatic heterocycles. The SMILES string of the molecule is CC(C)C(C#N)N(C)Cc1ccccc1. The van der Waals surface area contributed by atoms with Gasteiger partial charge >= 0.3 is 0 Å². The van der Waals surface area contributed by atoms with Gasteiger partial charge in [-0.3, -0.25) is 4.90 Å². The van der Waals surface area contributed by atoms with Gasteiger partial charge in [-0.15, -0.1) is 0 Å². The molecule has 0 aliphatic carbocycles. The van der Waals surface area contributed by atoms with Crippen LogP contribution < -0.4 is 0 Å². The maximum absolute atomic E-state index is 9.05. The van der Waals surface area contributed by atoms with Crippen molar-refractivity contribution >= 4 is 0 Å². The third kappa shape index (κ3) is 3.38. The van der Waals surface area contributed by atoms with Gasteiger partial charge in [0.2, 0.25) is 0 Å². The quantitative estimate of drug-likeness (QED) is 0.750. The van der Waals surface area contributed by atoms with E-state index in [9.17, 15) is 0 Å². The largest absolute Gasteiger partial charge is 0.287 e. The summed E-state index contributed by atoms with van der Waals surface area (Å²) in [6.07, 6.45) is 0. The van der Waals surface area contributed by atoms with E-state index < -0.39 is 0 Å². The topological polar surface area (TPSA) is 27.0 Å². The van der Waals surface area contributed by atoms with Crippen LogP contribution in [0.15, 0.2) is 30.3 Å². The zero-order valence-electron chi connectivity index (χ0n) is 9.64. The predicted octanol–water partition coefficient (Wildman–Crippen LogP) is 2.67. The average molecular weight is 202 g/mol. The molecule has 1 aromatic rings. The number of hydrogen-bond acceptors (Lipinski definition) is 2. The smallest absolute Gasteiger partial charge is 0.100 e. The Morgan fingerprint density at radius 2 is 1.87 bits per heavy atom. The standard InChI is InChI=1S/C13H18N2/c1-11(2)13(9-14)15(3)10-12-7-5-4-6-8-12/h4-8,11,13H,10H2,1-3H3. The van der Waals surface area contributed by atoms with Gasteiger partial charge in [0.15, 0.2) is 0 Å². The van der Waals surface area contributed by atoms with E-state index >= 15 is 0 Å². The molecule has 1 aromatic carbocycles. The van der Waals surface area contributed by atoms with Gasteiger partial charge in [-0.1, -0.05) is 44.2 Å². The monoisotopic (exact) mass is 202 g/mol. The Kier molecular flexibility index (Phi) is 4.33. The van der Waals surface area contributed by atoms with Crippen molar-refractivity contribution in [2.45, 2.75) is 26.4 Å². The molecule has 2 nitrogen and oxygen atoms in total. The molecule has 0 amide bonds. The summed E-state index contributed by atoms with van der Waals surface area (Å²) >= 11 is 0. The zero-order valence-corrected chi connectivity index (χ0v) is 9.64. The van der Waals surface area contributed by atoms with Crippen LogP contribution >= 0.6 is 0 Å². The minimum absolute atomic E-state index is 0.00907. The Morgan fingerprint density at radius 3 is 2.33 bits per heavy atom. The lowest BCUT2D eigenvalue weighted by molar-refractivity contribution is 0.231. The molecule has 1 atom stereocenters. The Labute approximate surface area is 92.1 Å². The van der Waals surface area contributed by atoms with Crippen LogP contribution in [-0.4, -0.2) is 18.0 Å². The molecular formula is C13H18N2. The molecule has 0 bridgehead atoms. The molecule has 2 heteroatoms. The first kappa shape index (κ1) is 11.7. The van der Waals surface area contributed by atoms with Crippen LogP contribution in [0.4, 0.5) is 0 Å². The Bertz CT molecular complexity index is 324. The van der Waals surface area contributed by atoms with Crippen LogP contribution in [0.5, 0.6) is 0 Å². The number of nitriles is 1. The van der Waals surface area contributed by atoms with Gasteiger partial charge in [0, 0.05) is 6.54 Å². The maximum Gasteiger partial charge on any atom is 0.100 e. The van der Waals surface area contributed by atoms with E-state index in [4.69, 9.17) is 5.26 Å². The fourth-order valence-electron chi connectivity index (χ4n) is 1.73. The van der Waals surface area contributed by atoms with Crippen molar-refractivity contribution in [1.82, 2.24) is 4.90 Å². The van der Waals surface area contributed by atoms with Gasteiger partial charge in [0.05, 0.1) is 6.07 Å². The highest BCUT2D eigenvalue weighted by Crippen LogP contribution is 2.11. The summed E-state index contributed by atoms with van der Waals surface area (Å²) in [4.78, 5) is 2.10. The lowest BCUT2D eigenvalue weighted by Crippen LogP contribution is -2.34. The van der Waals surface area contributed by atoms with E-state index in [1.807, 2.05) is 25.2 Å². The molecule has 15 heavy (non-hydrogen) atoms. The summed E-state index contributed by atoms with van der Waals surface area (Å²) < 4.78 is 0. The number of benzene rings is 1. The van der Waals surface area contributed by atoms with Crippen molar-refractivity contribution < 1.29 is 0 Å². The van der Waals surface area contributed by atoms with Gasteiger partial charge < -0.3 is 0 Å². The summed E-state index contributed by atoms with van der Waals surface area (Å²) in [6, 6.07) is 12.6. The highest BCUT2D eigenvalue weighted by molar-refractivity contribution is 5.15. The summed E-state index contributed by atoms with van der Waals surface area (Å²) in [7, 11) is 2.00. The molecule has 0 heterocycles. The summed E-state index contributed by atoms with van der Waals surface area (Å²) in [5, 5.41) is 9.05. The summed E-state index contributed by atoms with van der Waals surface area (Å²) in [5.41, 5.74) is 1.25. The van der Waals surface area contributed by atoms with Crippen molar-refractivity contribution in [3.63, 3.8) is 0 Å². The van der Waals surface area contributed by atoms with Crippen molar-refractivity contribution in [3.05, 3.63) is 35.9 Å². The van der Waals surface area contributed by atoms with Crippen LogP contribution in [0.2, 0.25) is 0 Å². The normalized spacial score (nSPS) is 12.8. The van der Waals surface area contributed by atoms with Crippen molar-refractivity contribution in [2.24, 2.45) is 5.92 Å². The second-order valence-electron chi connectivity index (χ2n) is 4.22. The highest BCUT2D eigenvalue weighted by atomic mass is 15.1. The zero-order chi connectivity index (χ0) is 11.3. The summed E-state index contributed by atoms with van der Waals surface area (Å²) in [6.45, 7) is 4.99. The Balaban J connectivity index is 2.63. The average Bonchev–Trinajstić information content (AvgIpc) is 2.19. The lowest BCUT2D eigenvalue weighted by Gasteiger charge is -2.25. The molecule has 0 radical (unpaired) electrons. The lowest BCUT2D eigenvalue weighted by atomic mass is 10.0. The Morgan fingerprint density at radius 1 is 1.27 bits per heavy atom. The van der Waals surface area contributed by atoms with Crippen molar-refractivity contribution in [1.29, 1.82) is 5.26 Å². The van der Waals surface area contributed by atoms with E-state index in [-0.39, 0.29) is 6.04 Å². The van der Waals surface area contributed by atoms with E-state index in [2.05, 4.69) is 36.9 Å². The summed E-state index contributed by atoms with van der Waals surface area (Å²) in [5.74, 6) is 0.365. The van der Waals surface area contributed by atoms with Crippen LogP contribution in [-0.2, 0) is 6.54 Å². The van der Waals surface area contributed by atoms with Crippen LogP contribution in [0, 0.1) is 17.2 Å². The number of rotatable bonds is 4. The fraction of sp³-hybridized carbons (Fsp3) is 0.462. The van der Waals surface area contributed by atoms with Gasteiger partial charge in [0.25, 0.3) is 0 Å². The molecule has 80 valence electrons. The number of hydrogen-bond donors (Lipinski definition) is 0. The highest BCUT2D eigenvalue weighted by Gasteiger charge is 2.17. The number of nitrogens with zero attached hydrogens (tertiary/aromatic N) is 2. The van der Waals surface area contributed by atoms with E-state index in [0.717, 1.165) is 6.54 Å². The maximum atomic E-state index is 9.05. The predicted molar refractivity (Wildman–Crippen MR) is 62.1 cm³/mol. The van der Waals surface area contributed by atoms with Crippen LogP contribution in [0.3, 0.4) is 0 Å². The minimum Gasteiger partial charge on any atom is -0.287 e. The van der Waals surface area contributed by atoms with Crippen LogP contribution in [0.25, 0.3) is 0 Å². The first-order valence-corrected chi connectivity index (χ1v) is 5.29. The first-order chi connectivity index (χ1) is 7.15. The van der Waals surface area contributed by atoms with Gasteiger partial charge in [0.1, 0.15) is 6.04 Å². The van der Waals surface area contributed by atoms with Gasteiger partial charge in [-0.2, -0.15) is 5.26 Å². The second kappa shape index (κ2) is 5.53. The molecule has 1 rings (SSSR count). The molecule has 0 aliphatic rings. The third-order valence-electron chi connectivity index (χ3n) is 2.51. The minimum atomic E-state index is -0.00907. The van der Waals surface area contributed by atoms with E-state index in [0.29, 0.717) is 5.92 Å². The molecule has 0 aromatic heterocycles. The molecule has 0 saturated carbocycles. The van der Waals surface area contributed by atoms with E-state index in [1.165, 1.54) is 5.56 Å². The molecule has 0 saturated heterocycles. The second-order valence-corrected chi connectivity index (χ2v) is 4.22. The Hall–Kier alpha value is -1.33. The molecule has 1 unspecified atom stereocenters. The molecule has 0 fully saturated rings. The fourth-order valence-corrected chi connectivity index (χ4v) is 1.73.